The molecule has 0 spiro atoms. The summed E-state index contributed by atoms with van der Waals surface area (Å²) >= 11 is 0. The number of rotatable bonds is 5. The Morgan fingerprint density at radius 1 is 1.48 bits per heavy atom. The predicted octanol–water partition coefficient (Wildman–Crippen LogP) is 1.34. The SMILES string of the molecule is CCOc1cccc(S(=O)(=O)N2CC(C)(C)OCC2C(=O)O)c1. The van der Waals surface area contributed by atoms with Crippen LogP contribution in [0.1, 0.15) is 20.8 Å². The Balaban J connectivity index is 2.42. The number of sulfonamides is 1. The standard InChI is InChI=1S/C15H21NO6S/c1-4-21-11-6-5-7-12(8-11)23(19,20)16-10-15(2,3)22-9-13(16)14(17)18/h5-8,13H,4,9-10H2,1-3H3,(H,17,18). The third-order valence-corrected chi connectivity index (χ3v) is 5.38. The van der Waals surface area contributed by atoms with Crippen molar-refractivity contribution >= 4 is 16.0 Å². The number of benzene rings is 1. The molecule has 1 N–H and O–H groups in total. The van der Waals surface area contributed by atoms with Gasteiger partial charge in [0.2, 0.25) is 10.0 Å². The van der Waals surface area contributed by atoms with Crippen LogP contribution in [-0.4, -0.2) is 55.2 Å². The molecule has 1 aromatic rings. The fourth-order valence-corrected chi connectivity index (χ4v) is 4.15. The number of carboxylic acids is 1. The molecule has 1 aliphatic heterocycles. The van der Waals surface area contributed by atoms with Crippen LogP contribution in [0.2, 0.25) is 0 Å². The summed E-state index contributed by atoms with van der Waals surface area (Å²) in [6.45, 7) is 5.43. The minimum Gasteiger partial charge on any atom is -0.494 e. The number of morpholine rings is 1. The Morgan fingerprint density at radius 2 is 2.17 bits per heavy atom. The van der Waals surface area contributed by atoms with Crippen LogP contribution in [0.3, 0.4) is 0 Å². The van der Waals surface area contributed by atoms with Gasteiger partial charge in [0, 0.05) is 12.6 Å². The van der Waals surface area contributed by atoms with Gasteiger partial charge in [0.25, 0.3) is 0 Å². The zero-order chi connectivity index (χ0) is 17.3. The molecule has 0 bridgehead atoms. The smallest absolute Gasteiger partial charge is 0.324 e. The van der Waals surface area contributed by atoms with Crippen LogP contribution >= 0.6 is 0 Å². The lowest BCUT2D eigenvalue weighted by molar-refractivity contribution is -0.154. The highest BCUT2D eigenvalue weighted by atomic mass is 32.2. The lowest BCUT2D eigenvalue weighted by Gasteiger charge is -2.40. The third-order valence-electron chi connectivity index (χ3n) is 3.52. The molecule has 2 rings (SSSR count). The molecule has 128 valence electrons. The third kappa shape index (κ3) is 3.82. The summed E-state index contributed by atoms with van der Waals surface area (Å²) in [4.78, 5) is 11.4. The number of hydrogen-bond donors (Lipinski definition) is 1. The van der Waals surface area contributed by atoms with E-state index in [1.807, 2.05) is 0 Å². The van der Waals surface area contributed by atoms with Crippen LogP contribution in [0.5, 0.6) is 5.75 Å². The van der Waals surface area contributed by atoms with E-state index in [0.29, 0.717) is 12.4 Å². The van der Waals surface area contributed by atoms with Gasteiger partial charge in [-0.1, -0.05) is 6.07 Å². The second-order valence-electron chi connectivity index (χ2n) is 5.88. The first-order chi connectivity index (χ1) is 10.7. The Morgan fingerprint density at radius 3 is 2.78 bits per heavy atom. The number of carboxylic acid groups (broad SMARTS) is 1. The second kappa shape index (κ2) is 6.46. The summed E-state index contributed by atoms with van der Waals surface area (Å²) in [5.74, 6) is -0.807. The zero-order valence-electron chi connectivity index (χ0n) is 13.4. The Kier molecular flexibility index (Phi) is 4.98. The van der Waals surface area contributed by atoms with E-state index < -0.39 is 27.6 Å². The van der Waals surface area contributed by atoms with Crippen LogP contribution in [0.25, 0.3) is 0 Å². The number of hydrogen-bond acceptors (Lipinski definition) is 5. The topological polar surface area (TPSA) is 93.1 Å². The molecule has 1 unspecified atom stereocenters. The van der Waals surface area contributed by atoms with Gasteiger partial charge in [0.05, 0.1) is 23.7 Å². The fourth-order valence-electron chi connectivity index (χ4n) is 2.39. The van der Waals surface area contributed by atoms with Gasteiger partial charge in [0.1, 0.15) is 11.8 Å². The van der Waals surface area contributed by atoms with E-state index in [0.717, 1.165) is 4.31 Å². The minimum atomic E-state index is -3.98. The summed E-state index contributed by atoms with van der Waals surface area (Å²) in [7, 11) is -3.98. The van der Waals surface area contributed by atoms with Crippen LogP contribution in [0.4, 0.5) is 0 Å². The molecular weight excluding hydrogens is 322 g/mol. The van der Waals surface area contributed by atoms with E-state index in [9.17, 15) is 18.3 Å². The molecule has 8 heteroatoms. The molecule has 1 fully saturated rings. The number of aliphatic carboxylic acids is 1. The highest BCUT2D eigenvalue weighted by Crippen LogP contribution is 2.28. The molecule has 0 radical (unpaired) electrons. The van der Waals surface area contributed by atoms with Gasteiger partial charge in [0.15, 0.2) is 0 Å². The zero-order valence-corrected chi connectivity index (χ0v) is 14.2. The van der Waals surface area contributed by atoms with Crippen LogP contribution in [-0.2, 0) is 19.6 Å². The Bertz CT molecular complexity index is 685. The van der Waals surface area contributed by atoms with E-state index in [2.05, 4.69) is 0 Å². The van der Waals surface area contributed by atoms with Gasteiger partial charge in [-0.3, -0.25) is 4.79 Å². The summed E-state index contributed by atoms with van der Waals surface area (Å²) in [6, 6.07) is 4.81. The molecule has 0 aromatic heterocycles. The summed E-state index contributed by atoms with van der Waals surface area (Å²) in [5, 5.41) is 9.32. The van der Waals surface area contributed by atoms with Gasteiger partial charge in [-0.25, -0.2) is 8.42 Å². The van der Waals surface area contributed by atoms with E-state index >= 15 is 0 Å². The Labute approximate surface area is 135 Å². The molecule has 0 aliphatic carbocycles. The van der Waals surface area contributed by atoms with Crippen LogP contribution in [0, 0.1) is 0 Å². The van der Waals surface area contributed by atoms with Gasteiger partial charge in [-0.05, 0) is 32.9 Å². The normalized spacial score (nSPS) is 21.8. The lowest BCUT2D eigenvalue weighted by Crippen LogP contribution is -2.58. The monoisotopic (exact) mass is 343 g/mol. The maximum atomic E-state index is 12.9. The van der Waals surface area contributed by atoms with E-state index in [1.165, 1.54) is 12.1 Å². The average molecular weight is 343 g/mol. The molecule has 1 aliphatic rings. The largest absolute Gasteiger partial charge is 0.494 e. The molecule has 1 aromatic carbocycles. The van der Waals surface area contributed by atoms with Gasteiger partial charge in [-0.2, -0.15) is 4.31 Å². The maximum absolute atomic E-state index is 12.9. The van der Waals surface area contributed by atoms with E-state index in [-0.39, 0.29) is 18.0 Å². The van der Waals surface area contributed by atoms with Crippen LogP contribution in [0.15, 0.2) is 29.2 Å². The second-order valence-corrected chi connectivity index (χ2v) is 7.77. The molecule has 1 atom stereocenters. The molecule has 23 heavy (non-hydrogen) atoms. The molecule has 1 saturated heterocycles. The van der Waals surface area contributed by atoms with Crippen molar-refractivity contribution in [2.24, 2.45) is 0 Å². The van der Waals surface area contributed by atoms with Crippen molar-refractivity contribution in [2.45, 2.75) is 37.3 Å². The first-order valence-electron chi connectivity index (χ1n) is 7.29. The predicted molar refractivity (Wildman–Crippen MR) is 83.0 cm³/mol. The molecule has 7 nitrogen and oxygen atoms in total. The first kappa shape index (κ1) is 17.7. The Hall–Kier alpha value is -1.64. The van der Waals surface area contributed by atoms with E-state index in [4.69, 9.17) is 9.47 Å². The molecule has 0 amide bonds. The highest BCUT2D eigenvalue weighted by Gasteiger charge is 2.44. The summed E-state index contributed by atoms with van der Waals surface area (Å²) in [5.41, 5.74) is -0.753. The molecule has 0 saturated carbocycles. The summed E-state index contributed by atoms with van der Waals surface area (Å²) in [6.07, 6.45) is 0. The van der Waals surface area contributed by atoms with Crippen molar-refractivity contribution in [2.75, 3.05) is 19.8 Å². The number of carbonyl (C=O) groups is 1. The molecular formula is C15H21NO6S. The highest BCUT2D eigenvalue weighted by molar-refractivity contribution is 7.89. The van der Waals surface area contributed by atoms with Gasteiger partial charge in [-0.15, -0.1) is 0 Å². The van der Waals surface area contributed by atoms with Crippen molar-refractivity contribution < 1.29 is 27.8 Å². The van der Waals surface area contributed by atoms with Crippen LogP contribution < -0.4 is 4.74 Å². The average Bonchev–Trinajstić information content (AvgIpc) is 2.46. The minimum absolute atomic E-state index is 0.00685. The van der Waals surface area contributed by atoms with E-state index in [1.54, 1.807) is 32.9 Å². The van der Waals surface area contributed by atoms with Crippen molar-refractivity contribution in [1.82, 2.24) is 4.31 Å². The summed E-state index contributed by atoms with van der Waals surface area (Å²) < 4.78 is 37.6. The van der Waals surface area contributed by atoms with Gasteiger partial charge >= 0.3 is 5.97 Å². The number of ether oxygens (including phenoxy) is 2. The van der Waals surface area contributed by atoms with Crippen molar-refractivity contribution in [3.8, 4) is 5.75 Å². The molecule has 1 heterocycles. The van der Waals surface area contributed by atoms with Gasteiger partial charge < -0.3 is 14.6 Å². The van der Waals surface area contributed by atoms with Crippen molar-refractivity contribution in [3.63, 3.8) is 0 Å². The number of nitrogens with zero attached hydrogens (tertiary/aromatic N) is 1. The fraction of sp³-hybridized carbons (Fsp3) is 0.533. The first-order valence-corrected chi connectivity index (χ1v) is 8.73. The lowest BCUT2D eigenvalue weighted by atomic mass is 10.1. The quantitative estimate of drug-likeness (QED) is 0.867. The maximum Gasteiger partial charge on any atom is 0.324 e. The van der Waals surface area contributed by atoms with Crippen molar-refractivity contribution in [1.29, 1.82) is 0 Å². The van der Waals surface area contributed by atoms with Crippen molar-refractivity contribution in [3.05, 3.63) is 24.3 Å².